The maximum atomic E-state index is 10.9. The van der Waals surface area contributed by atoms with Gasteiger partial charge in [-0.05, 0) is 77.8 Å². The van der Waals surface area contributed by atoms with Crippen LogP contribution < -0.4 is 0 Å². The zero-order chi connectivity index (χ0) is 22.6. The van der Waals surface area contributed by atoms with Gasteiger partial charge in [0.15, 0.2) is 0 Å². The maximum Gasteiger partial charge on any atom is 0.104 e. The number of aromatic nitrogens is 1. The van der Waals surface area contributed by atoms with Gasteiger partial charge in [0.1, 0.15) is 6.10 Å². The van der Waals surface area contributed by atoms with Gasteiger partial charge in [0, 0.05) is 29.1 Å². The van der Waals surface area contributed by atoms with Crippen molar-refractivity contribution in [2.24, 2.45) is 17.3 Å². The van der Waals surface area contributed by atoms with Gasteiger partial charge in [0.2, 0.25) is 0 Å². The number of allylic oxidation sites excluding steroid dienone is 3. The molecule has 2 fully saturated rings. The fourth-order valence-corrected chi connectivity index (χ4v) is 7.99. The minimum absolute atomic E-state index is 0.00860. The number of benzene rings is 1. The smallest absolute Gasteiger partial charge is 0.104 e. The van der Waals surface area contributed by atoms with Gasteiger partial charge in [-0.15, -0.1) is 0 Å². The summed E-state index contributed by atoms with van der Waals surface area (Å²) in [5.74, 6) is 0.400. The lowest BCUT2D eigenvalue weighted by molar-refractivity contribution is -0.158. The van der Waals surface area contributed by atoms with Crippen molar-refractivity contribution < 1.29 is 14.9 Å². The first-order chi connectivity index (χ1) is 15.9. The van der Waals surface area contributed by atoms with Gasteiger partial charge in [-0.25, -0.2) is 0 Å². The third kappa shape index (κ3) is 2.44. The summed E-state index contributed by atoms with van der Waals surface area (Å²) in [6.07, 6.45) is 13.9. The predicted molar refractivity (Wildman–Crippen MR) is 128 cm³/mol. The molecule has 2 aromatic rings. The molecule has 7 atom stereocenters. The molecule has 4 nitrogen and oxygen atoms in total. The van der Waals surface area contributed by atoms with E-state index in [1.54, 1.807) is 0 Å². The van der Waals surface area contributed by atoms with Crippen LogP contribution in [-0.4, -0.2) is 38.6 Å². The van der Waals surface area contributed by atoms with Crippen LogP contribution in [0.1, 0.15) is 51.5 Å². The zero-order valence-corrected chi connectivity index (χ0v) is 19.3. The molecule has 2 spiro atoms. The van der Waals surface area contributed by atoms with Gasteiger partial charge in [-0.1, -0.05) is 44.2 Å². The Hall–Kier alpha value is -2.27. The Kier molecular flexibility index (Phi) is 3.93. The first-order valence-electron chi connectivity index (χ1n) is 12.4. The number of fused-ring (bicyclic) bond motifs is 2. The summed E-state index contributed by atoms with van der Waals surface area (Å²) in [6.45, 7) is 4.45. The molecule has 0 radical (unpaired) electrons. The van der Waals surface area contributed by atoms with E-state index in [9.17, 15) is 10.2 Å². The molecule has 33 heavy (non-hydrogen) atoms. The monoisotopic (exact) mass is 441 g/mol. The third-order valence-electron chi connectivity index (χ3n) is 9.68. The molecule has 1 aromatic carbocycles. The molecule has 1 aromatic heterocycles. The zero-order valence-electron chi connectivity index (χ0n) is 19.3. The largest absolute Gasteiger partial charge is 0.390 e. The summed E-state index contributed by atoms with van der Waals surface area (Å²) >= 11 is 0. The number of rotatable bonds is 1. The number of ether oxygens (including phenoxy) is 1. The average molecular weight is 442 g/mol. The Bertz CT molecular complexity index is 1280. The highest BCUT2D eigenvalue weighted by molar-refractivity contribution is 5.87. The summed E-state index contributed by atoms with van der Waals surface area (Å²) in [5, 5.41) is 23.9. The molecular weight excluding hydrogens is 410 g/mol. The molecule has 2 aliphatic heterocycles. The molecule has 170 valence electrons. The van der Waals surface area contributed by atoms with Crippen LogP contribution in [0.3, 0.4) is 0 Å². The Morgan fingerprint density at radius 1 is 1.09 bits per heavy atom. The number of pyridine rings is 1. The van der Waals surface area contributed by atoms with Crippen LogP contribution in [0.15, 0.2) is 66.0 Å². The molecule has 2 N–H and O–H groups in total. The van der Waals surface area contributed by atoms with Crippen molar-refractivity contribution in [3.05, 3.63) is 71.6 Å². The highest BCUT2D eigenvalue weighted by atomic mass is 16.5. The molecule has 3 heterocycles. The minimum atomic E-state index is -0.831. The van der Waals surface area contributed by atoms with Crippen molar-refractivity contribution in [2.45, 2.75) is 69.4 Å². The van der Waals surface area contributed by atoms with E-state index in [0.717, 1.165) is 37.7 Å². The second-order valence-corrected chi connectivity index (χ2v) is 11.3. The van der Waals surface area contributed by atoms with Gasteiger partial charge >= 0.3 is 0 Å². The van der Waals surface area contributed by atoms with Crippen LogP contribution >= 0.6 is 0 Å². The van der Waals surface area contributed by atoms with Gasteiger partial charge in [0.05, 0.1) is 17.3 Å². The van der Waals surface area contributed by atoms with Crippen LogP contribution in [0.4, 0.5) is 0 Å². The van der Waals surface area contributed by atoms with Gasteiger partial charge in [-0.2, -0.15) is 0 Å². The first-order valence-corrected chi connectivity index (χ1v) is 12.4. The second-order valence-electron chi connectivity index (χ2n) is 11.3. The van der Waals surface area contributed by atoms with E-state index in [1.807, 2.05) is 19.3 Å². The summed E-state index contributed by atoms with van der Waals surface area (Å²) in [6, 6.07) is 8.82. The predicted octanol–water partition coefficient (Wildman–Crippen LogP) is 4.96. The van der Waals surface area contributed by atoms with Crippen molar-refractivity contribution in [1.82, 2.24) is 4.98 Å². The highest BCUT2D eigenvalue weighted by Gasteiger charge is 2.66. The Morgan fingerprint density at radius 3 is 2.85 bits per heavy atom. The average Bonchev–Trinajstić information content (AvgIpc) is 3.33. The quantitative estimate of drug-likeness (QED) is 0.656. The van der Waals surface area contributed by atoms with Crippen LogP contribution in [0.2, 0.25) is 0 Å². The lowest BCUT2D eigenvalue weighted by Gasteiger charge is -2.55. The van der Waals surface area contributed by atoms with Crippen molar-refractivity contribution in [2.75, 3.05) is 0 Å². The SMILES string of the molecule is C[C@H]1CC23CC[C@@]4(O2)C(=CC[C@]2(C)C(c5ccc6ccncc6c5)=CC[C@H]24)C=C3[C@@H](O)[C@@H]1O. The van der Waals surface area contributed by atoms with Crippen molar-refractivity contribution >= 4 is 16.3 Å². The fourth-order valence-electron chi connectivity index (χ4n) is 7.99. The highest BCUT2D eigenvalue weighted by Crippen LogP contribution is 2.67. The molecule has 1 saturated heterocycles. The number of aliphatic hydroxyl groups is 2. The normalized spacial score (nSPS) is 43.3. The summed E-state index contributed by atoms with van der Waals surface area (Å²) in [5.41, 5.74) is 4.14. The van der Waals surface area contributed by atoms with Crippen LogP contribution in [0, 0.1) is 17.3 Å². The van der Waals surface area contributed by atoms with Crippen molar-refractivity contribution in [3.8, 4) is 0 Å². The van der Waals surface area contributed by atoms with E-state index in [0.29, 0.717) is 5.92 Å². The topological polar surface area (TPSA) is 62.6 Å². The maximum absolute atomic E-state index is 10.9. The molecular formula is C29H31NO3. The Labute approximate surface area is 194 Å². The molecule has 1 unspecified atom stereocenters. The van der Waals surface area contributed by atoms with Gasteiger partial charge in [0.25, 0.3) is 0 Å². The summed E-state index contributed by atoms with van der Waals surface area (Å²) in [4.78, 5) is 4.32. The molecule has 0 amide bonds. The van der Waals surface area contributed by atoms with E-state index >= 15 is 0 Å². The van der Waals surface area contributed by atoms with Gasteiger partial charge < -0.3 is 14.9 Å². The number of hydrogen-bond acceptors (Lipinski definition) is 4. The molecule has 3 aliphatic carbocycles. The number of nitrogens with zero attached hydrogens (tertiary/aromatic N) is 1. The van der Waals surface area contributed by atoms with Crippen LogP contribution in [0.5, 0.6) is 0 Å². The molecule has 2 bridgehead atoms. The second kappa shape index (κ2) is 6.44. The lowest BCUT2D eigenvalue weighted by atomic mass is 9.58. The standard InChI is InChI=1S/C29H31NO3/c1-17-15-28-10-11-29(33-28)21(14-23(28)26(32)25(17)31)7-9-27(2)22(5-6-24(27)29)19-4-3-18-8-12-30-16-20(18)13-19/h3-5,7-8,12-14,16-17,24-26,31-32H,6,9-11,15H2,1-2H3/t17-,24+,25+,26+,27+,28?,29+/m0/s1. The van der Waals surface area contributed by atoms with Crippen molar-refractivity contribution in [3.63, 3.8) is 0 Å². The third-order valence-corrected chi connectivity index (χ3v) is 9.68. The summed E-state index contributed by atoms with van der Waals surface area (Å²) < 4.78 is 7.15. The minimum Gasteiger partial charge on any atom is -0.390 e. The fraction of sp³-hybridized carbons (Fsp3) is 0.483. The van der Waals surface area contributed by atoms with Crippen LogP contribution in [-0.2, 0) is 4.74 Å². The molecule has 5 aliphatic rings. The summed E-state index contributed by atoms with van der Waals surface area (Å²) in [7, 11) is 0. The van der Waals surface area contributed by atoms with E-state index in [4.69, 9.17) is 4.74 Å². The number of aliphatic hydroxyl groups excluding tert-OH is 2. The Morgan fingerprint density at radius 2 is 1.97 bits per heavy atom. The Balaban J connectivity index is 1.32. The number of hydrogen-bond donors (Lipinski definition) is 2. The molecule has 1 saturated carbocycles. The van der Waals surface area contributed by atoms with E-state index in [-0.39, 0.29) is 16.9 Å². The van der Waals surface area contributed by atoms with E-state index in [1.165, 1.54) is 27.5 Å². The molecule has 7 rings (SSSR count). The lowest BCUT2D eigenvalue weighted by Crippen LogP contribution is -2.57. The molecule has 4 heteroatoms. The van der Waals surface area contributed by atoms with E-state index < -0.39 is 17.8 Å². The van der Waals surface area contributed by atoms with Crippen molar-refractivity contribution in [1.29, 1.82) is 0 Å². The van der Waals surface area contributed by atoms with E-state index in [2.05, 4.69) is 54.4 Å². The van der Waals surface area contributed by atoms with Gasteiger partial charge in [-0.3, -0.25) is 4.98 Å². The first kappa shape index (κ1) is 20.1. The van der Waals surface area contributed by atoms with Crippen LogP contribution in [0.25, 0.3) is 16.3 Å².